The lowest BCUT2D eigenvalue weighted by Gasteiger charge is -2.36. The molecule has 0 bridgehead atoms. The highest BCUT2D eigenvalue weighted by Gasteiger charge is 2.38. The molecule has 25 heavy (non-hydrogen) atoms. The second-order valence-corrected chi connectivity index (χ2v) is 14.0. The van der Waals surface area contributed by atoms with Gasteiger partial charge in [-0.3, -0.25) is 0 Å². The van der Waals surface area contributed by atoms with Crippen LogP contribution in [-0.4, -0.2) is 26.1 Å². The Kier molecular flexibility index (Phi) is 6.73. The molecular weight excluding hydrogens is 330 g/mol. The lowest BCUT2D eigenvalue weighted by atomic mass is 10.1. The minimum absolute atomic E-state index is 0.00186. The zero-order valence-electron chi connectivity index (χ0n) is 17.3. The van der Waals surface area contributed by atoms with Gasteiger partial charge in [0, 0.05) is 6.04 Å². The Morgan fingerprint density at radius 2 is 1.60 bits per heavy atom. The third-order valence-corrected chi connectivity index (χ3v) is 8.77. The van der Waals surface area contributed by atoms with Crippen LogP contribution in [-0.2, 0) is 11.2 Å². The van der Waals surface area contributed by atoms with Gasteiger partial charge in [0.25, 0.3) is 0 Å². The van der Waals surface area contributed by atoms with E-state index in [0.717, 1.165) is 17.7 Å². The summed E-state index contributed by atoms with van der Waals surface area (Å²) >= 11 is 0. The van der Waals surface area contributed by atoms with E-state index in [2.05, 4.69) is 51.3 Å². The molecule has 0 aliphatic rings. The smallest absolute Gasteiger partial charge is 0.407 e. The van der Waals surface area contributed by atoms with Crippen LogP contribution in [0.2, 0.25) is 18.1 Å². The molecule has 0 spiro atoms. The van der Waals surface area contributed by atoms with E-state index in [-0.39, 0.29) is 17.2 Å². The number of benzene rings is 1. The molecule has 5 heteroatoms. The molecule has 0 unspecified atom stereocenters. The maximum absolute atomic E-state index is 11.8. The van der Waals surface area contributed by atoms with Crippen molar-refractivity contribution < 1.29 is 14.0 Å². The maximum Gasteiger partial charge on any atom is 0.407 e. The highest BCUT2D eigenvalue weighted by Crippen LogP contribution is 2.37. The molecule has 0 radical (unpaired) electrons. The quantitative estimate of drug-likeness (QED) is 0.698. The number of rotatable bonds is 5. The van der Waals surface area contributed by atoms with Gasteiger partial charge in [0.1, 0.15) is 11.4 Å². The molecule has 0 aromatic heterocycles. The molecule has 1 amide bonds. The van der Waals surface area contributed by atoms with Gasteiger partial charge in [-0.15, -0.1) is 0 Å². The summed E-state index contributed by atoms with van der Waals surface area (Å²) in [5, 5.41) is 3.05. The first kappa shape index (κ1) is 21.5. The minimum Gasteiger partial charge on any atom is -0.544 e. The first-order valence-corrected chi connectivity index (χ1v) is 11.9. The topological polar surface area (TPSA) is 47.6 Å². The predicted molar refractivity (Wildman–Crippen MR) is 107 cm³/mol. The van der Waals surface area contributed by atoms with Gasteiger partial charge in [-0.25, -0.2) is 4.79 Å². The number of ether oxygens (including phenoxy) is 1. The SMILES string of the molecule is C[C@@H](Cc1ccc(O[Si](C)(C)C(C)(C)C)cc1)NC(=O)OC(C)(C)C. The molecule has 0 saturated carbocycles. The number of nitrogens with one attached hydrogen (secondary N) is 1. The molecule has 0 heterocycles. The highest BCUT2D eigenvalue weighted by atomic mass is 28.4. The molecule has 1 rings (SSSR count). The molecule has 0 saturated heterocycles. The summed E-state index contributed by atoms with van der Waals surface area (Å²) in [4.78, 5) is 11.8. The van der Waals surface area contributed by atoms with Crippen molar-refractivity contribution in [2.75, 3.05) is 0 Å². The lowest BCUT2D eigenvalue weighted by molar-refractivity contribution is 0.0508. The highest BCUT2D eigenvalue weighted by molar-refractivity contribution is 6.74. The number of carbonyl (C=O) groups excluding carboxylic acids is 1. The van der Waals surface area contributed by atoms with Gasteiger partial charge in [-0.05, 0) is 69.9 Å². The van der Waals surface area contributed by atoms with Crippen molar-refractivity contribution >= 4 is 14.4 Å². The summed E-state index contributed by atoms with van der Waals surface area (Å²) in [7, 11) is -1.81. The van der Waals surface area contributed by atoms with E-state index >= 15 is 0 Å². The van der Waals surface area contributed by atoms with Crippen LogP contribution in [0.1, 0.15) is 54.0 Å². The van der Waals surface area contributed by atoms with E-state index in [1.165, 1.54) is 0 Å². The molecular formula is C20H35NO3Si. The van der Waals surface area contributed by atoms with E-state index in [9.17, 15) is 4.79 Å². The Labute approximate surface area is 154 Å². The van der Waals surface area contributed by atoms with Crippen molar-refractivity contribution in [3.8, 4) is 5.75 Å². The standard InChI is InChI=1S/C20H35NO3Si/c1-15(21-18(22)23-19(2,3)4)14-16-10-12-17(13-11-16)24-25(8,9)20(5,6)7/h10-13,15H,14H2,1-9H3,(H,21,22)/t15-/m0/s1. The molecule has 0 fully saturated rings. The van der Waals surface area contributed by atoms with Crippen molar-refractivity contribution in [3.63, 3.8) is 0 Å². The van der Waals surface area contributed by atoms with E-state index in [0.29, 0.717) is 0 Å². The second-order valence-electron chi connectivity index (χ2n) is 9.26. The lowest BCUT2D eigenvalue weighted by Crippen LogP contribution is -2.43. The largest absolute Gasteiger partial charge is 0.544 e. The van der Waals surface area contributed by atoms with Crippen molar-refractivity contribution in [3.05, 3.63) is 29.8 Å². The van der Waals surface area contributed by atoms with Gasteiger partial charge in [0.05, 0.1) is 0 Å². The molecule has 1 aromatic carbocycles. The number of amides is 1. The van der Waals surface area contributed by atoms with Crippen LogP contribution in [0.15, 0.2) is 24.3 Å². The first-order valence-electron chi connectivity index (χ1n) is 8.97. The van der Waals surface area contributed by atoms with Crippen LogP contribution in [0.5, 0.6) is 5.75 Å². The van der Waals surface area contributed by atoms with Crippen molar-refractivity contribution in [2.24, 2.45) is 0 Å². The number of alkyl carbamates (subject to hydrolysis) is 1. The van der Waals surface area contributed by atoms with Crippen molar-refractivity contribution in [2.45, 2.75) is 84.7 Å². The predicted octanol–water partition coefficient (Wildman–Crippen LogP) is 5.53. The van der Waals surface area contributed by atoms with Crippen LogP contribution in [0.3, 0.4) is 0 Å². The average Bonchev–Trinajstić information content (AvgIpc) is 2.36. The first-order chi connectivity index (χ1) is 11.2. The summed E-state index contributed by atoms with van der Waals surface area (Å²) in [6.45, 7) is 18.7. The van der Waals surface area contributed by atoms with E-state index in [1.54, 1.807) is 0 Å². The summed E-state index contributed by atoms with van der Waals surface area (Å²) in [6.07, 6.45) is 0.373. The molecule has 0 aliphatic heterocycles. The van der Waals surface area contributed by atoms with Crippen molar-refractivity contribution in [1.29, 1.82) is 0 Å². The molecule has 4 nitrogen and oxygen atoms in total. The molecule has 0 aliphatic carbocycles. The molecule has 1 aromatic rings. The fourth-order valence-corrected chi connectivity index (χ4v) is 3.09. The maximum atomic E-state index is 11.8. The number of hydrogen-bond donors (Lipinski definition) is 1. The minimum atomic E-state index is -1.81. The van der Waals surface area contributed by atoms with Crippen molar-refractivity contribution in [1.82, 2.24) is 5.32 Å². The summed E-state index contributed by atoms with van der Waals surface area (Å²) in [5.41, 5.74) is 0.679. The van der Waals surface area contributed by atoms with Crippen LogP contribution in [0, 0.1) is 0 Å². The van der Waals surface area contributed by atoms with E-state index in [1.807, 2.05) is 39.8 Å². The average molecular weight is 366 g/mol. The molecule has 142 valence electrons. The second kappa shape index (κ2) is 7.81. The summed E-state index contributed by atoms with van der Waals surface area (Å²) < 4.78 is 11.6. The Bertz CT molecular complexity index is 568. The van der Waals surface area contributed by atoms with Gasteiger partial charge in [-0.1, -0.05) is 32.9 Å². The van der Waals surface area contributed by atoms with Gasteiger partial charge in [0.2, 0.25) is 8.32 Å². The van der Waals surface area contributed by atoms with Crippen LogP contribution in [0.4, 0.5) is 4.79 Å². The normalized spacial score (nSPS) is 14.0. The van der Waals surface area contributed by atoms with Crippen LogP contribution >= 0.6 is 0 Å². The summed E-state index contributed by atoms with van der Waals surface area (Å²) in [6, 6.07) is 8.18. The van der Waals surface area contributed by atoms with Gasteiger partial charge in [0.15, 0.2) is 0 Å². The molecule has 1 atom stereocenters. The third-order valence-electron chi connectivity index (χ3n) is 4.41. The van der Waals surface area contributed by atoms with Gasteiger partial charge in [-0.2, -0.15) is 0 Å². The Balaban J connectivity index is 2.61. The number of hydrogen-bond acceptors (Lipinski definition) is 3. The third kappa shape index (κ3) is 7.51. The fraction of sp³-hybridized carbons (Fsp3) is 0.650. The molecule has 1 N–H and O–H groups in total. The zero-order chi connectivity index (χ0) is 19.5. The van der Waals surface area contributed by atoms with E-state index in [4.69, 9.17) is 9.16 Å². The van der Waals surface area contributed by atoms with Gasteiger partial charge < -0.3 is 14.5 Å². The Morgan fingerprint density at radius 3 is 2.04 bits per heavy atom. The Morgan fingerprint density at radius 1 is 1.08 bits per heavy atom. The Hall–Kier alpha value is -1.49. The van der Waals surface area contributed by atoms with E-state index < -0.39 is 13.9 Å². The monoisotopic (exact) mass is 365 g/mol. The van der Waals surface area contributed by atoms with Crippen LogP contribution in [0.25, 0.3) is 0 Å². The van der Waals surface area contributed by atoms with Crippen LogP contribution < -0.4 is 9.74 Å². The summed E-state index contributed by atoms with van der Waals surface area (Å²) in [5.74, 6) is 0.920. The zero-order valence-corrected chi connectivity index (χ0v) is 18.3. The number of carbonyl (C=O) groups is 1. The fourth-order valence-electron chi connectivity index (χ4n) is 2.05. The van der Waals surface area contributed by atoms with Gasteiger partial charge >= 0.3 is 6.09 Å².